The predicted molar refractivity (Wildman–Crippen MR) is 78.6 cm³/mol. The number of nitriles is 1. The molecule has 0 aliphatic heterocycles. The van der Waals surface area contributed by atoms with Crippen molar-refractivity contribution in [2.45, 2.75) is 0 Å². The molecule has 0 aliphatic carbocycles. The first-order chi connectivity index (χ1) is 10.3. The number of benzene rings is 1. The third-order valence-electron chi connectivity index (χ3n) is 3.00. The molecule has 2 aromatic heterocycles. The Balaban J connectivity index is 1.84. The standard InChI is InChI=1S/C16H10N4O/c17-9-11-3-6-15(19-10-11)20-16(21)13-4-5-14-12(8-13)2-1-7-18-14/h1-8,10H,(H,19,20,21). The topological polar surface area (TPSA) is 78.7 Å². The summed E-state index contributed by atoms with van der Waals surface area (Å²) < 4.78 is 0. The molecule has 0 fully saturated rings. The zero-order valence-electron chi connectivity index (χ0n) is 10.9. The molecule has 0 unspecified atom stereocenters. The maximum Gasteiger partial charge on any atom is 0.256 e. The molecular formula is C16H10N4O. The molecule has 0 spiro atoms. The molecule has 3 rings (SSSR count). The molecule has 0 saturated carbocycles. The number of fused-ring (bicyclic) bond motifs is 1. The number of carbonyl (C=O) groups excluding carboxylic acids is 1. The lowest BCUT2D eigenvalue weighted by Crippen LogP contribution is -2.12. The zero-order valence-corrected chi connectivity index (χ0v) is 10.9. The number of hydrogen-bond donors (Lipinski definition) is 1. The van der Waals surface area contributed by atoms with Crippen molar-refractivity contribution in [3.63, 3.8) is 0 Å². The van der Waals surface area contributed by atoms with Crippen molar-refractivity contribution in [2.24, 2.45) is 0 Å². The van der Waals surface area contributed by atoms with Gasteiger partial charge in [0.2, 0.25) is 0 Å². The number of nitrogens with one attached hydrogen (secondary N) is 1. The average molecular weight is 274 g/mol. The normalized spacial score (nSPS) is 10.0. The highest BCUT2D eigenvalue weighted by Crippen LogP contribution is 2.14. The van der Waals surface area contributed by atoms with E-state index >= 15 is 0 Å². The van der Waals surface area contributed by atoms with E-state index in [9.17, 15) is 4.79 Å². The molecule has 2 heterocycles. The van der Waals surface area contributed by atoms with Gasteiger partial charge in [-0.25, -0.2) is 4.98 Å². The number of anilines is 1. The third-order valence-corrected chi connectivity index (χ3v) is 3.00. The Morgan fingerprint density at radius 1 is 1.14 bits per heavy atom. The zero-order chi connectivity index (χ0) is 14.7. The molecule has 0 aliphatic rings. The van der Waals surface area contributed by atoms with Crippen LogP contribution in [0.5, 0.6) is 0 Å². The molecule has 5 nitrogen and oxygen atoms in total. The van der Waals surface area contributed by atoms with Crippen LogP contribution in [-0.4, -0.2) is 15.9 Å². The fourth-order valence-corrected chi connectivity index (χ4v) is 1.94. The summed E-state index contributed by atoms with van der Waals surface area (Å²) in [5.41, 5.74) is 1.82. The van der Waals surface area contributed by atoms with Crippen LogP contribution in [0.25, 0.3) is 10.9 Å². The SMILES string of the molecule is N#Cc1ccc(NC(=O)c2ccc3ncccc3c2)nc1. The fourth-order valence-electron chi connectivity index (χ4n) is 1.94. The molecule has 0 atom stereocenters. The summed E-state index contributed by atoms with van der Waals surface area (Å²) in [6.07, 6.45) is 3.13. The molecule has 1 N–H and O–H groups in total. The number of nitrogens with zero attached hydrogens (tertiary/aromatic N) is 3. The fraction of sp³-hybridized carbons (Fsp3) is 0. The molecule has 1 aromatic carbocycles. The Kier molecular flexibility index (Phi) is 3.27. The van der Waals surface area contributed by atoms with E-state index < -0.39 is 0 Å². The van der Waals surface area contributed by atoms with E-state index in [0.29, 0.717) is 16.9 Å². The smallest absolute Gasteiger partial charge is 0.256 e. The van der Waals surface area contributed by atoms with Gasteiger partial charge in [0, 0.05) is 23.3 Å². The number of hydrogen-bond acceptors (Lipinski definition) is 4. The molecule has 5 heteroatoms. The maximum absolute atomic E-state index is 12.2. The first-order valence-corrected chi connectivity index (χ1v) is 6.28. The highest BCUT2D eigenvalue weighted by molar-refractivity contribution is 6.05. The number of pyridine rings is 2. The lowest BCUT2D eigenvalue weighted by Gasteiger charge is -2.05. The molecule has 3 aromatic rings. The van der Waals surface area contributed by atoms with Gasteiger partial charge in [0.25, 0.3) is 5.91 Å². The van der Waals surface area contributed by atoms with E-state index in [1.165, 1.54) is 6.20 Å². The van der Waals surface area contributed by atoms with Crippen molar-refractivity contribution >= 4 is 22.6 Å². The summed E-state index contributed by atoms with van der Waals surface area (Å²) >= 11 is 0. The van der Waals surface area contributed by atoms with E-state index in [1.807, 2.05) is 18.2 Å². The Labute approximate surface area is 120 Å². The van der Waals surface area contributed by atoms with E-state index in [4.69, 9.17) is 5.26 Å². The van der Waals surface area contributed by atoms with Gasteiger partial charge in [-0.3, -0.25) is 9.78 Å². The molecule has 100 valence electrons. The lowest BCUT2D eigenvalue weighted by atomic mass is 10.1. The Morgan fingerprint density at radius 3 is 2.81 bits per heavy atom. The van der Waals surface area contributed by atoms with Crippen LogP contribution in [0.4, 0.5) is 5.82 Å². The van der Waals surface area contributed by atoms with Crippen LogP contribution in [0.1, 0.15) is 15.9 Å². The summed E-state index contributed by atoms with van der Waals surface area (Å²) in [7, 11) is 0. The molecule has 0 saturated heterocycles. The number of aromatic nitrogens is 2. The van der Waals surface area contributed by atoms with Crippen LogP contribution < -0.4 is 5.32 Å². The largest absolute Gasteiger partial charge is 0.307 e. The van der Waals surface area contributed by atoms with Crippen LogP contribution in [0.15, 0.2) is 54.9 Å². The van der Waals surface area contributed by atoms with Crippen molar-refractivity contribution in [2.75, 3.05) is 5.32 Å². The van der Waals surface area contributed by atoms with Gasteiger partial charge in [-0.05, 0) is 36.4 Å². The maximum atomic E-state index is 12.2. The van der Waals surface area contributed by atoms with Crippen LogP contribution in [-0.2, 0) is 0 Å². The molecular weight excluding hydrogens is 264 g/mol. The Morgan fingerprint density at radius 2 is 2.05 bits per heavy atom. The van der Waals surface area contributed by atoms with Crippen LogP contribution >= 0.6 is 0 Å². The average Bonchev–Trinajstić information content (AvgIpc) is 2.55. The van der Waals surface area contributed by atoms with Gasteiger partial charge in [0.05, 0.1) is 11.1 Å². The van der Waals surface area contributed by atoms with Gasteiger partial charge in [0.1, 0.15) is 11.9 Å². The van der Waals surface area contributed by atoms with Crippen molar-refractivity contribution in [3.8, 4) is 6.07 Å². The minimum absolute atomic E-state index is 0.252. The van der Waals surface area contributed by atoms with Crippen molar-refractivity contribution in [1.82, 2.24) is 9.97 Å². The van der Waals surface area contributed by atoms with Gasteiger partial charge in [0.15, 0.2) is 0 Å². The lowest BCUT2D eigenvalue weighted by molar-refractivity contribution is 0.102. The van der Waals surface area contributed by atoms with E-state index in [-0.39, 0.29) is 5.91 Å². The highest BCUT2D eigenvalue weighted by Gasteiger charge is 2.08. The number of amides is 1. The summed E-state index contributed by atoms with van der Waals surface area (Å²) in [6, 6.07) is 14.2. The molecule has 0 bridgehead atoms. The molecule has 1 amide bonds. The van der Waals surface area contributed by atoms with Crippen molar-refractivity contribution in [3.05, 3.63) is 66.0 Å². The van der Waals surface area contributed by atoms with Crippen LogP contribution in [0.3, 0.4) is 0 Å². The van der Waals surface area contributed by atoms with E-state index in [0.717, 1.165) is 10.9 Å². The van der Waals surface area contributed by atoms with Crippen LogP contribution in [0, 0.1) is 11.3 Å². The Bertz CT molecular complexity index is 850. The van der Waals surface area contributed by atoms with Crippen molar-refractivity contribution < 1.29 is 4.79 Å². The monoisotopic (exact) mass is 274 g/mol. The summed E-state index contributed by atoms with van der Waals surface area (Å²) in [4.78, 5) is 20.4. The third kappa shape index (κ3) is 2.69. The minimum Gasteiger partial charge on any atom is -0.307 e. The van der Waals surface area contributed by atoms with Gasteiger partial charge in [-0.15, -0.1) is 0 Å². The summed E-state index contributed by atoms with van der Waals surface area (Å²) in [5, 5.41) is 12.3. The first-order valence-electron chi connectivity index (χ1n) is 6.28. The molecule has 21 heavy (non-hydrogen) atoms. The van der Waals surface area contributed by atoms with Crippen LogP contribution in [0.2, 0.25) is 0 Å². The van der Waals surface area contributed by atoms with Crippen molar-refractivity contribution in [1.29, 1.82) is 5.26 Å². The second-order valence-corrected chi connectivity index (χ2v) is 4.41. The van der Waals surface area contributed by atoms with Gasteiger partial charge < -0.3 is 5.32 Å². The minimum atomic E-state index is -0.252. The van der Waals surface area contributed by atoms with Gasteiger partial charge in [-0.2, -0.15) is 5.26 Å². The van der Waals surface area contributed by atoms with E-state index in [1.54, 1.807) is 36.5 Å². The molecule has 0 radical (unpaired) electrons. The number of rotatable bonds is 2. The predicted octanol–water partition coefficient (Wildman–Crippen LogP) is 2.75. The second-order valence-electron chi connectivity index (χ2n) is 4.41. The highest BCUT2D eigenvalue weighted by atomic mass is 16.1. The summed E-state index contributed by atoms with van der Waals surface area (Å²) in [6.45, 7) is 0. The quantitative estimate of drug-likeness (QED) is 0.779. The number of carbonyl (C=O) groups is 1. The van der Waals surface area contributed by atoms with E-state index in [2.05, 4.69) is 15.3 Å². The second kappa shape index (κ2) is 5.39. The van der Waals surface area contributed by atoms with Gasteiger partial charge in [-0.1, -0.05) is 6.07 Å². The summed E-state index contributed by atoms with van der Waals surface area (Å²) in [5.74, 6) is 0.156. The van der Waals surface area contributed by atoms with Gasteiger partial charge >= 0.3 is 0 Å². The first kappa shape index (κ1) is 12.8. The Hall–Kier alpha value is -3.26.